The van der Waals surface area contributed by atoms with E-state index in [1.165, 1.54) is 5.56 Å². The van der Waals surface area contributed by atoms with E-state index in [2.05, 4.69) is 26.1 Å². The second-order valence-corrected chi connectivity index (χ2v) is 7.72. The van der Waals surface area contributed by atoms with Crippen molar-refractivity contribution in [3.05, 3.63) is 54.1 Å². The summed E-state index contributed by atoms with van der Waals surface area (Å²) in [5.74, 6) is 1.20. The van der Waals surface area contributed by atoms with E-state index in [1.807, 2.05) is 62.4 Å². The van der Waals surface area contributed by atoms with Gasteiger partial charge in [-0.3, -0.25) is 4.79 Å². The smallest absolute Gasteiger partial charge is 0.265 e. The van der Waals surface area contributed by atoms with Gasteiger partial charge in [-0.05, 0) is 56.0 Å². The van der Waals surface area contributed by atoms with Crippen molar-refractivity contribution in [1.29, 1.82) is 0 Å². The molecular weight excluding hydrogens is 326 g/mol. The third-order valence-corrected chi connectivity index (χ3v) is 3.88. The molecule has 2 aromatic carbocycles. The second-order valence-electron chi connectivity index (χ2n) is 7.72. The Morgan fingerprint density at radius 3 is 2.15 bits per heavy atom. The second kappa shape index (κ2) is 8.26. The van der Waals surface area contributed by atoms with Gasteiger partial charge in [0.25, 0.3) is 5.91 Å². The number of rotatable bonds is 6. The van der Waals surface area contributed by atoms with E-state index < -0.39 is 6.10 Å². The molecule has 4 nitrogen and oxygen atoms in total. The van der Waals surface area contributed by atoms with E-state index in [-0.39, 0.29) is 17.4 Å². The number of ether oxygens (including phenoxy) is 2. The Hall–Kier alpha value is -2.49. The zero-order valence-electron chi connectivity index (χ0n) is 16.5. The first-order valence-corrected chi connectivity index (χ1v) is 9.00. The normalized spacial score (nSPS) is 12.6. The summed E-state index contributed by atoms with van der Waals surface area (Å²) >= 11 is 0. The average molecular weight is 355 g/mol. The minimum Gasteiger partial charge on any atom is -0.491 e. The minimum absolute atomic E-state index is 0.0827. The third kappa shape index (κ3) is 5.80. The van der Waals surface area contributed by atoms with Crippen LogP contribution >= 0.6 is 0 Å². The van der Waals surface area contributed by atoms with E-state index in [9.17, 15) is 4.79 Å². The Morgan fingerprint density at radius 1 is 0.923 bits per heavy atom. The maximum atomic E-state index is 12.4. The van der Waals surface area contributed by atoms with Crippen molar-refractivity contribution in [2.24, 2.45) is 0 Å². The van der Waals surface area contributed by atoms with Crippen LogP contribution in [0, 0.1) is 0 Å². The summed E-state index contributed by atoms with van der Waals surface area (Å²) in [5.41, 5.74) is 2.00. The Bertz CT molecular complexity index is 730. The lowest BCUT2D eigenvalue weighted by atomic mass is 9.87. The van der Waals surface area contributed by atoms with Gasteiger partial charge in [-0.1, -0.05) is 39.0 Å². The molecule has 0 aromatic heterocycles. The molecule has 0 heterocycles. The van der Waals surface area contributed by atoms with Crippen molar-refractivity contribution in [3.8, 4) is 11.5 Å². The van der Waals surface area contributed by atoms with Crippen LogP contribution < -0.4 is 14.8 Å². The van der Waals surface area contributed by atoms with Crippen LogP contribution in [0.25, 0.3) is 0 Å². The van der Waals surface area contributed by atoms with Crippen LogP contribution in [-0.2, 0) is 10.2 Å². The molecule has 1 atom stereocenters. The largest absolute Gasteiger partial charge is 0.491 e. The first kappa shape index (κ1) is 19.8. The molecule has 0 unspecified atom stereocenters. The van der Waals surface area contributed by atoms with Crippen molar-refractivity contribution in [3.63, 3.8) is 0 Å². The van der Waals surface area contributed by atoms with Crippen LogP contribution in [0.4, 0.5) is 5.69 Å². The first-order chi connectivity index (χ1) is 12.1. The van der Waals surface area contributed by atoms with Crippen LogP contribution in [0.2, 0.25) is 0 Å². The summed E-state index contributed by atoms with van der Waals surface area (Å²) in [4.78, 5) is 12.4. The van der Waals surface area contributed by atoms with E-state index >= 15 is 0 Å². The van der Waals surface area contributed by atoms with Crippen molar-refractivity contribution < 1.29 is 14.3 Å². The van der Waals surface area contributed by atoms with Crippen molar-refractivity contribution in [2.75, 3.05) is 5.32 Å². The van der Waals surface area contributed by atoms with Crippen LogP contribution in [0.1, 0.15) is 47.1 Å². The summed E-state index contributed by atoms with van der Waals surface area (Å²) < 4.78 is 11.4. The fraction of sp³-hybridized carbons (Fsp3) is 0.409. The minimum atomic E-state index is -0.606. The van der Waals surface area contributed by atoms with Gasteiger partial charge >= 0.3 is 0 Å². The molecule has 0 spiro atoms. The molecule has 0 aliphatic heterocycles. The highest BCUT2D eigenvalue weighted by atomic mass is 16.5. The number of anilines is 1. The molecule has 0 bridgehead atoms. The maximum absolute atomic E-state index is 12.4. The lowest BCUT2D eigenvalue weighted by Crippen LogP contribution is -2.30. The first-order valence-electron chi connectivity index (χ1n) is 9.00. The number of nitrogens with one attached hydrogen (secondary N) is 1. The van der Waals surface area contributed by atoms with Gasteiger partial charge in [0, 0.05) is 11.8 Å². The van der Waals surface area contributed by atoms with E-state index in [4.69, 9.17) is 9.47 Å². The van der Waals surface area contributed by atoms with Gasteiger partial charge in [-0.2, -0.15) is 0 Å². The van der Waals surface area contributed by atoms with Crippen LogP contribution in [-0.4, -0.2) is 18.1 Å². The Morgan fingerprint density at radius 2 is 1.58 bits per heavy atom. The van der Waals surface area contributed by atoms with Crippen LogP contribution in [0.15, 0.2) is 48.5 Å². The monoisotopic (exact) mass is 355 g/mol. The highest BCUT2D eigenvalue weighted by Crippen LogP contribution is 2.25. The van der Waals surface area contributed by atoms with Crippen molar-refractivity contribution in [2.45, 2.75) is 59.2 Å². The van der Waals surface area contributed by atoms with Crippen molar-refractivity contribution in [1.82, 2.24) is 0 Å². The van der Waals surface area contributed by atoms with Gasteiger partial charge in [0.15, 0.2) is 6.10 Å². The Kier molecular flexibility index (Phi) is 6.30. The molecule has 0 fully saturated rings. The number of hydrogen-bond donors (Lipinski definition) is 1. The summed E-state index contributed by atoms with van der Waals surface area (Å²) in [5, 5.41) is 2.87. The molecule has 0 aliphatic rings. The van der Waals surface area contributed by atoms with Gasteiger partial charge in [-0.15, -0.1) is 0 Å². The zero-order valence-corrected chi connectivity index (χ0v) is 16.5. The fourth-order valence-electron chi connectivity index (χ4n) is 2.45. The summed E-state index contributed by atoms with van der Waals surface area (Å²) in [6.07, 6.45) is -0.524. The molecule has 0 saturated heterocycles. The van der Waals surface area contributed by atoms with Crippen LogP contribution in [0.5, 0.6) is 11.5 Å². The molecule has 4 heteroatoms. The standard InChI is InChI=1S/C22H29NO3/c1-15(2)25-20-9-7-8-18(14-20)23-21(24)16(3)26-19-12-10-17(11-13-19)22(4,5)6/h7-16H,1-6H3,(H,23,24)/t16-/m0/s1. The lowest BCUT2D eigenvalue weighted by Gasteiger charge is -2.20. The number of carbonyl (C=O) groups excluding carboxylic acids is 1. The van der Waals surface area contributed by atoms with Gasteiger partial charge in [0.1, 0.15) is 11.5 Å². The summed E-state index contributed by atoms with van der Waals surface area (Å²) in [7, 11) is 0. The molecular formula is C22H29NO3. The molecule has 0 aliphatic carbocycles. The molecule has 1 N–H and O–H groups in total. The highest BCUT2D eigenvalue weighted by Gasteiger charge is 2.17. The highest BCUT2D eigenvalue weighted by molar-refractivity contribution is 5.94. The van der Waals surface area contributed by atoms with Gasteiger partial charge in [0.05, 0.1) is 6.10 Å². The van der Waals surface area contributed by atoms with Gasteiger partial charge in [0.2, 0.25) is 0 Å². The number of hydrogen-bond acceptors (Lipinski definition) is 3. The van der Waals surface area contributed by atoms with E-state index in [0.717, 1.165) is 5.75 Å². The molecule has 2 rings (SSSR count). The topological polar surface area (TPSA) is 47.6 Å². The SMILES string of the molecule is CC(C)Oc1cccc(NC(=O)[C@H](C)Oc2ccc(C(C)(C)C)cc2)c1. The summed E-state index contributed by atoms with van der Waals surface area (Å²) in [6.45, 7) is 12.2. The Balaban J connectivity index is 1.97. The number of carbonyl (C=O) groups is 1. The van der Waals surface area contributed by atoms with Gasteiger partial charge in [-0.25, -0.2) is 0 Å². The molecule has 2 aromatic rings. The molecule has 0 saturated carbocycles. The fourth-order valence-corrected chi connectivity index (χ4v) is 2.45. The lowest BCUT2D eigenvalue weighted by molar-refractivity contribution is -0.122. The number of benzene rings is 2. The van der Waals surface area contributed by atoms with Crippen LogP contribution in [0.3, 0.4) is 0 Å². The summed E-state index contributed by atoms with van der Waals surface area (Å²) in [6, 6.07) is 15.2. The zero-order chi connectivity index (χ0) is 19.3. The van der Waals surface area contributed by atoms with E-state index in [1.54, 1.807) is 6.92 Å². The quantitative estimate of drug-likeness (QED) is 0.777. The predicted octanol–water partition coefficient (Wildman–Crippen LogP) is 5.18. The molecule has 0 radical (unpaired) electrons. The Labute approximate surface area is 156 Å². The third-order valence-electron chi connectivity index (χ3n) is 3.88. The van der Waals surface area contributed by atoms with Gasteiger partial charge < -0.3 is 14.8 Å². The average Bonchev–Trinajstić information content (AvgIpc) is 2.54. The molecule has 140 valence electrons. The molecule has 1 amide bonds. The van der Waals surface area contributed by atoms with E-state index in [0.29, 0.717) is 11.4 Å². The predicted molar refractivity (Wildman–Crippen MR) is 106 cm³/mol. The van der Waals surface area contributed by atoms with Crippen molar-refractivity contribution >= 4 is 11.6 Å². The maximum Gasteiger partial charge on any atom is 0.265 e. The number of amides is 1. The molecule has 26 heavy (non-hydrogen) atoms.